The third-order valence-corrected chi connectivity index (χ3v) is 2.99. The first-order valence-electron chi connectivity index (χ1n) is 6.30. The lowest BCUT2D eigenvalue weighted by molar-refractivity contribution is 0.322. The van der Waals surface area contributed by atoms with Gasteiger partial charge in [0.2, 0.25) is 0 Å². The standard InChI is InChI=1S/C17H16OS/c19-17(16-12-5-2-6-13-16)18-14-8-7-11-15-9-3-1-4-10-15/h1-7,9-13H,8,14H2/b11-7-. The van der Waals surface area contributed by atoms with Crippen molar-refractivity contribution < 1.29 is 4.74 Å². The molecule has 0 aliphatic carbocycles. The van der Waals surface area contributed by atoms with Crippen molar-refractivity contribution in [2.75, 3.05) is 6.61 Å². The van der Waals surface area contributed by atoms with E-state index in [1.807, 2.05) is 48.5 Å². The molecule has 1 nitrogen and oxygen atoms in total. The van der Waals surface area contributed by atoms with Crippen LogP contribution in [0.1, 0.15) is 17.5 Å². The molecule has 0 unspecified atom stereocenters. The van der Waals surface area contributed by atoms with Crippen LogP contribution in [0.5, 0.6) is 0 Å². The summed E-state index contributed by atoms with van der Waals surface area (Å²) in [6.07, 6.45) is 5.04. The number of hydrogen-bond donors (Lipinski definition) is 0. The molecule has 2 aromatic carbocycles. The summed E-state index contributed by atoms with van der Waals surface area (Å²) < 4.78 is 5.55. The van der Waals surface area contributed by atoms with Gasteiger partial charge in [-0.15, -0.1) is 0 Å². The zero-order valence-corrected chi connectivity index (χ0v) is 11.5. The van der Waals surface area contributed by atoms with Gasteiger partial charge in [0.15, 0.2) is 5.05 Å². The molecule has 0 bridgehead atoms. The van der Waals surface area contributed by atoms with Gasteiger partial charge in [0.25, 0.3) is 0 Å². The number of ether oxygens (including phenoxy) is 1. The van der Waals surface area contributed by atoms with Crippen molar-refractivity contribution in [1.82, 2.24) is 0 Å². The van der Waals surface area contributed by atoms with E-state index in [1.165, 1.54) is 5.56 Å². The second-order valence-electron chi connectivity index (χ2n) is 4.10. The molecule has 19 heavy (non-hydrogen) atoms. The molecule has 0 atom stereocenters. The van der Waals surface area contributed by atoms with Crippen LogP contribution < -0.4 is 0 Å². The average Bonchev–Trinajstić information content (AvgIpc) is 2.49. The quantitative estimate of drug-likeness (QED) is 0.584. The van der Waals surface area contributed by atoms with Crippen LogP contribution in [-0.4, -0.2) is 11.7 Å². The Balaban J connectivity index is 1.73. The van der Waals surface area contributed by atoms with Gasteiger partial charge in [-0.25, -0.2) is 0 Å². The van der Waals surface area contributed by atoms with Crippen molar-refractivity contribution in [3.05, 3.63) is 77.9 Å². The zero-order valence-electron chi connectivity index (χ0n) is 10.7. The predicted octanol–water partition coefficient (Wildman–Crippen LogP) is 4.48. The second-order valence-corrected chi connectivity index (χ2v) is 4.47. The molecule has 0 fully saturated rings. The molecule has 0 aromatic heterocycles. The molecule has 0 spiro atoms. The van der Waals surface area contributed by atoms with Crippen LogP contribution >= 0.6 is 12.2 Å². The summed E-state index contributed by atoms with van der Waals surface area (Å²) in [5.41, 5.74) is 2.16. The molecule has 2 heteroatoms. The van der Waals surface area contributed by atoms with E-state index in [4.69, 9.17) is 17.0 Å². The number of thiocarbonyl (C=S) groups is 1. The Hall–Kier alpha value is -1.93. The molecule has 0 amide bonds. The van der Waals surface area contributed by atoms with Crippen molar-refractivity contribution in [3.63, 3.8) is 0 Å². The fraction of sp³-hybridized carbons (Fsp3) is 0.118. The molecule has 0 saturated heterocycles. The van der Waals surface area contributed by atoms with E-state index < -0.39 is 0 Å². The average molecular weight is 268 g/mol. The van der Waals surface area contributed by atoms with Crippen molar-refractivity contribution >= 4 is 23.3 Å². The molecule has 2 aromatic rings. The first-order valence-corrected chi connectivity index (χ1v) is 6.71. The van der Waals surface area contributed by atoms with Gasteiger partial charge in [0.05, 0.1) is 6.61 Å². The normalized spacial score (nSPS) is 10.5. The summed E-state index contributed by atoms with van der Waals surface area (Å²) in [6.45, 7) is 0.608. The highest BCUT2D eigenvalue weighted by atomic mass is 32.1. The molecular formula is C17H16OS. The smallest absolute Gasteiger partial charge is 0.191 e. The Morgan fingerprint density at radius 2 is 1.58 bits per heavy atom. The summed E-state index contributed by atoms with van der Waals surface area (Å²) in [5, 5.41) is 0.564. The Kier molecular flexibility index (Phi) is 5.32. The van der Waals surface area contributed by atoms with Crippen LogP contribution in [0.3, 0.4) is 0 Å². The van der Waals surface area contributed by atoms with Gasteiger partial charge in [0.1, 0.15) is 0 Å². The van der Waals surface area contributed by atoms with Gasteiger partial charge in [-0.3, -0.25) is 0 Å². The van der Waals surface area contributed by atoms with Crippen LogP contribution in [0.15, 0.2) is 66.7 Å². The van der Waals surface area contributed by atoms with Crippen molar-refractivity contribution in [2.24, 2.45) is 0 Å². The molecule has 0 heterocycles. The van der Waals surface area contributed by atoms with Crippen molar-refractivity contribution in [1.29, 1.82) is 0 Å². The van der Waals surface area contributed by atoms with E-state index in [1.54, 1.807) is 0 Å². The maximum atomic E-state index is 5.55. The highest BCUT2D eigenvalue weighted by molar-refractivity contribution is 7.80. The minimum absolute atomic E-state index is 0.564. The SMILES string of the molecule is S=C(OCC/C=C\c1ccccc1)c1ccccc1. The molecule has 0 radical (unpaired) electrons. The van der Waals surface area contributed by atoms with Gasteiger partial charge < -0.3 is 4.74 Å². The van der Waals surface area contributed by atoms with Gasteiger partial charge in [-0.1, -0.05) is 72.8 Å². The van der Waals surface area contributed by atoms with Crippen LogP contribution in [0.4, 0.5) is 0 Å². The lowest BCUT2D eigenvalue weighted by atomic mass is 10.2. The van der Waals surface area contributed by atoms with E-state index in [0.717, 1.165) is 12.0 Å². The van der Waals surface area contributed by atoms with Crippen molar-refractivity contribution in [2.45, 2.75) is 6.42 Å². The minimum atomic E-state index is 0.564. The molecule has 0 aliphatic rings. The summed E-state index contributed by atoms with van der Waals surface area (Å²) >= 11 is 5.22. The summed E-state index contributed by atoms with van der Waals surface area (Å²) in [5.74, 6) is 0. The topological polar surface area (TPSA) is 9.23 Å². The fourth-order valence-electron chi connectivity index (χ4n) is 1.66. The number of hydrogen-bond acceptors (Lipinski definition) is 2. The van der Waals surface area contributed by atoms with E-state index in [0.29, 0.717) is 11.7 Å². The monoisotopic (exact) mass is 268 g/mol. The third-order valence-electron chi connectivity index (χ3n) is 2.64. The van der Waals surface area contributed by atoms with E-state index in [-0.39, 0.29) is 0 Å². The van der Waals surface area contributed by atoms with E-state index in [9.17, 15) is 0 Å². The van der Waals surface area contributed by atoms with Gasteiger partial charge >= 0.3 is 0 Å². The molecule has 0 saturated carbocycles. The molecule has 0 N–H and O–H groups in total. The Morgan fingerprint density at radius 3 is 2.26 bits per heavy atom. The van der Waals surface area contributed by atoms with Crippen LogP contribution in [0.2, 0.25) is 0 Å². The maximum Gasteiger partial charge on any atom is 0.191 e. The first-order chi connectivity index (χ1) is 9.36. The largest absolute Gasteiger partial charge is 0.483 e. The predicted molar refractivity (Wildman–Crippen MR) is 84.2 cm³/mol. The van der Waals surface area contributed by atoms with Crippen LogP contribution in [0, 0.1) is 0 Å². The summed E-state index contributed by atoms with van der Waals surface area (Å²) in [4.78, 5) is 0. The molecule has 0 aliphatic heterocycles. The van der Waals surface area contributed by atoms with Gasteiger partial charge in [-0.05, 0) is 24.2 Å². The summed E-state index contributed by atoms with van der Waals surface area (Å²) in [6, 6.07) is 20.0. The third kappa shape index (κ3) is 4.68. The van der Waals surface area contributed by atoms with Crippen molar-refractivity contribution in [3.8, 4) is 0 Å². The maximum absolute atomic E-state index is 5.55. The van der Waals surface area contributed by atoms with E-state index >= 15 is 0 Å². The molecule has 2 rings (SSSR count). The Bertz CT molecular complexity index is 532. The van der Waals surface area contributed by atoms with Gasteiger partial charge in [0, 0.05) is 5.56 Å². The Labute approximate surface area is 119 Å². The minimum Gasteiger partial charge on any atom is -0.483 e. The first kappa shape index (κ1) is 13.5. The van der Waals surface area contributed by atoms with Crippen LogP contribution in [-0.2, 0) is 4.74 Å². The second kappa shape index (κ2) is 7.49. The van der Waals surface area contributed by atoms with Crippen LogP contribution in [0.25, 0.3) is 6.08 Å². The molecule has 96 valence electrons. The fourth-order valence-corrected chi connectivity index (χ4v) is 1.88. The highest BCUT2D eigenvalue weighted by Gasteiger charge is 1.99. The van der Waals surface area contributed by atoms with E-state index in [2.05, 4.69) is 24.3 Å². The lowest BCUT2D eigenvalue weighted by Gasteiger charge is -2.05. The lowest BCUT2D eigenvalue weighted by Crippen LogP contribution is -2.04. The number of rotatable bonds is 5. The Morgan fingerprint density at radius 1 is 0.947 bits per heavy atom. The highest BCUT2D eigenvalue weighted by Crippen LogP contribution is 2.05. The van der Waals surface area contributed by atoms with Gasteiger partial charge in [-0.2, -0.15) is 0 Å². The number of benzene rings is 2. The molecular weight excluding hydrogens is 252 g/mol. The summed E-state index contributed by atoms with van der Waals surface area (Å²) in [7, 11) is 0. The zero-order chi connectivity index (χ0) is 13.3.